The molecule has 0 amide bonds. The zero-order chi connectivity index (χ0) is 6.69. The van der Waals surface area contributed by atoms with Crippen LogP contribution >= 0.6 is 12.4 Å². The van der Waals surface area contributed by atoms with E-state index in [1.165, 1.54) is 6.42 Å². The molecule has 0 aromatic rings. The van der Waals surface area contributed by atoms with Gasteiger partial charge in [-0.3, -0.25) is 4.79 Å². The highest BCUT2D eigenvalue weighted by molar-refractivity contribution is 5.85. The molecule has 10 heavy (non-hydrogen) atoms. The second-order valence-corrected chi connectivity index (χ2v) is 2.67. The molecule has 1 rings (SSSR count). The fourth-order valence-electron chi connectivity index (χ4n) is 1.35. The lowest BCUT2D eigenvalue weighted by molar-refractivity contribution is -0.142. The highest BCUT2D eigenvalue weighted by Crippen LogP contribution is 2.23. The van der Waals surface area contributed by atoms with Gasteiger partial charge < -0.3 is 5.11 Å². The summed E-state index contributed by atoms with van der Waals surface area (Å²) in [4.78, 5) is 10.4. The average molecular weight is 165 g/mol. The smallest absolute Gasteiger partial charge is 0.306 e. The number of carbonyl (C=O) groups is 1. The molecule has 2 nitrogen and oxygen atoms in total. The molecule has 1 aliphatic carbocycles. The Morgan fingerprint density at radius 1 is 1.20 bits per heavy atom. The van der Waals surface area contributed by atoms with Crippen molar-refractivity contribution in [1.29, 1.82) is 0 Å². The molecule has 0 atom stereocenters. The summed E-state index contributed by atoms with van der Waals surface area (Å²) >= 11 is 0. The molecule has 0 aliphatic heterocycles. The second-order valence-electron chi connectivity index (χ2n) is 2.67. The third kappa shape index (κ3) is 2.56. The van der Waals surface area contributed by atoms with Crippen molar-refractivity contribution in [2.24, 2.45) is 5.92 Å². The Balaban J connectivity index is 0.000000810. The zero-order valence-electron chi connectivity index (χ0n) is 5.88. The number of hydrogen-bond donors (Lipinski definition) is 1. The molecule has 1 N–H and O–H groups in total. The minimum Gasteiger partial charge on any atom is -0.481 e. The second kappa shape index (κ2) is 4.56. The number of hydrogen-bond acceptors (Lipinski definition) is 1. The first-order valence-electron chi connectivity index (χ1n) is 3.53. The number of carboxylic acids is 1. The van der Waals surface area contributed by atoms with Crippen molar-refractivity contribution in [3.8, 4) is 0 Å². The summed E-state index contributed by atoms with van der Waals surface area (Å²) in [6.45, 7) is 0. The van der Waals surface area contributed by atoms with Gasteiger partial charge in [-0.1, -0.05) is 19.3 Å². The summed E-state index contributed by atoms with van der Waals surface area (Å²) in [5.41, 5.74) is 0. The van der Waals surface area contributed by atoms with Gasteiger partial charge in [-0.15, -0.1) is 12.4 Å². The SMILES string of the molecule is Cl.O=C(O)C1CCCCC1. The molecule has 0 heterocycles. The molecule has 1 saturated carbocycles. The Morgan fingerprint density at radius 3 is 2.00 bits per heavy atom. The number of halogens is 1. The van der Waals surface area contributed by atoms with Gasteiger partial charge in [0, 0.05) is 0 Å². The average Bonchev–Trinajstić information content (AvgIpc) is 1.90. The maximum absolute atomic E-state index is 10.4. The molecule has 0 radical (unpaired) electrons. The van der Waals surface area contributed by atoms with Crippen LogP contribution in [0.3, 0.4) is 0 Å². The van der Waals surface area contributed by atoms with Crippen LogP contribution < -0.4 is 0 Å². The summed E-state index contributed by atoms with van der Waals surface area (Å²) in [5.74, 6) is -0.631. The van der Waals surface area contributed by atoms with Crippen molar-refractivity contribution in [3.63, 3.8) is 0 Å². The van der Waals surface area contributed by atoms with Crippen molar-refractivity contribution in [2.45, 2.75) is 32.1 Å². The summed E-state index contributed by atoms with van der Waals surface area (Å²) < 4.78 is 0. The molecule has 0 bridgehead atoms. The van der Waals surface area contributed by atoms with Gasteiger partial charge in [0.2, 0.25) is 0 Å². The zero-order valence-corrected chi connectivity index (χ0v) is 6.69. The number of rotatable bonds is 1. The largest absolute Gasteiger partial charge is 0.481 e. The molecule has 0 saturated heterocycles. The predicted molar refractivity (Wildman–Crippen MR) is 41.5 cm³/mol. The summed E-state index contributed by atoms with van der Waals surface area (Å²) in [6, 6.07) is 0. The van der Waals surface area contributed by atoms with Crippen molar-refractivity contribution in [2.75, 3.05) is 0 Å². The molecule has 0 aromatic carbocycles. The monoisotopic (exact) mass is 164 g/mol. The van der Waals surface area contributed by atoms with E-state index < -0.39 is 5.97 Å². The molecule has 0 unspecified atom stereocenters. The normalized spacial score (nSPS) is 19.6. The van der Waals surface area contributed by atoms with Crippen LogP contribution in [-0.2, 0) is 4.79 Å². The van der Waals surface area contributed by atoms with E-state index in [1.807, 2.05) is 0 Å². The van der Waals surface area contributed by atoms with Crippen LogP contribution in [0.5, 0.6) is 0 Å². The fourth-order valence-corrected chi connectivity index (χ4v) is 1.35. The molecule has 3 heteroatoms. The summed E-state index contributed by atoms with van der Waals surface area (Å²) in [6.07, 6.45) is 5.24. The van der Waals surface area contributed by atoms with Crippen LogP contribution in [0.15, 0.2) is 0 Å². The molecule has 0 spiro atoms. The maximum atomic E-state index is 10.4. The standard InChI is InChI=1S/C7H12O2.ClH/c8-7(9)6-4-2-1-3-5-6;/h6H,1-5H2,(H,8,9);1H. The summed E-state index contributed by atoms with van der Waals surface area (Å²) in [5, 5.41) is 8.54. The van der Waals surface area contributed by atoms with Crippen molar-refractivity contribution in [1.82, 2.24) is 0 Å². The molecule has 1 aliphatic rings. The van der Waals surface area contributed by atoms with E-state index in [0.717, 1.165) is 25.7 Å². The Kier molecular flexibility index (Phi) is 4.45. The van der Waals surface area contributed by atoms with Crippen molar-refractivity contribution in [3.05, 3.63) is 0 Å². The Morgan fingerprint density at radius 2 is 1.70 bits per heavy atom. The lowest BCUT2D eigenvalue weighted by Gasteiger charge is -2.16. The van der Waals surface area contributed by atoms with Crippen LogP contribution in [0.4, 0.5) is 0 Å². The van der Waals surface area contributed by atoms with E-state index in [2.05, 4.69) is 0 Å². The Hall–Kier alpha value is -0.240. The molecular weight excluding hydrogens is 152 g/mol. The van der Waals surface area contributed by atoms with Gasteiger partial charge >= 0.3 is 5.97 Å². The number of aliphatic carboxylic acids is 1. The Bertz CT molecular complexity index is 108. The molecular formula is C7H13ClO2. The van der Waals surface area contributed by atoms with Crippen molar-refractivity contribution < 1.29 is 9.90 Å². The van der Waals surface area contributed by atoms with E-state index in [1.54, 1.807) is 0 Å². The molecule has 1 fully saturated rings. The van der Waals surface area contributed by atoms with Gasteiger partial charge in [0.25, 0.3) is 0 Å². The summed E-state index contributed by atoms with van der Waals surface area (Å²) in [7, 11) is 0. The minimum absolute atomic E-state index is 0. The van der Waals surface area contributed by atoms with E-state index in [9.17, 15) is 4.79 Å². The highest BCUT2D eigenvalue weighted by Gasteiger charge is 2.19. The van der Waals surface area contributed by atoms with Crippen LogP contribution in [-0.4, -0.2) is 11.1 Å². The maximum Gasteiger partial charge on any atom is 0.306 e. The molecule has 0 aromatic heterocycles. The highest BCUT2D eigenvalue weighted by atomic mass is 35.5. The molecule has 60 valence electrons. The first kappa shape index (κ1) is 9.76. The van der Waals surface area contributed by atoms with Crippen LogP contribution in [0.2, 0.25) is 0 Å². The van der Waals surface area contributed by atoms with Crippen LogP contribution in [0.1, 0.15) is 32.1 Å². The fraction of sp³-hybridized carbons (Fsp3) is 0.857. The first-order chi connectivity index (χ1) is 4.30. The third-order valence-electron chi connectivity index (χ3n) is 1.95. The minimum atomic E-state index is -0.602. The predicted octanol–water partition coefficient (Wildman–Crippen LogP) is 2.07. The van der Waals surface area contributed by atoms with Gasteiger partial charge in [-0.05, 0) is 12.8 Å². The lowest BCUT2D eigenvalue weighted by atomic mass is 9.90. The topological polar surface area (TPSA) is 37.3 Å². The van der Waals surface area contributed by atoms with Crippen molar-refractivity contribution >= 4 is 18.4 Å². The third-order valence-corrected chi connectivity index (χ3v) is 1.95. The van der Waals surface area contributed by atoms with Gasteiger partial charge in [0.15, 0.2) is 0 Å². The van der Waals surface area contributed by atoms with Crippen LogP contribution in [0, 0.1) is 5.92 Å². The Labute approximate surface area is 67.0 Å². The quantitative estimate of drug-likeness (QED) is 0.644. The van der Waals surface area contributed by atoms with Gasteiger partial charge in [-0.2, -0.15) is 0 Å². The van der Waals surface area contributed by atoms with Crippen LogP contribution in [0.25, 0.3) is 0 Å². The first-order valence-corrected chi connectivity index (χ1v) is 3.53. The van der Waals surface area contributed by atoms with Gasteiger partial charge in [0.1, 0.15) is 0 Å². The van der Waals surface area contributed by atoms with E-state index >= 15 is 0 Å². The number of carboxylic acid groups (broad SMARTS) is 1. The van der Waals surface area contributed by atoms with E-state index in [4.69, 9.17) is 5.11 Å². The lowest BCUT2D eigenvalue weighted by Crippen LogP contribution is -2.16. The van der Waals surface area contributed by atoms with Gasteiger partial charge in [0.05, 0.1) is 5.92 Å². The van der Waals surface area contributed by atoms with E-state index in [-0.39, 0.29) is 18.3 Å². The van der Waals surface area contributed by atoms with Gasteiger partial charge in [-0.25, -0.2) is 0 Å². The van der Waals surface area contributed by atoms with E-state index in [0.29, 0.717) is 0 Å².